The zero-order valence-corrected chi connectivity index (χ0v) is 14.3. The van der Waals surface area contributed by atoms with E-state index in [9.17, 15) is 17.6 Å². The number of nitrogens with zero attached hydrogens (tertiary/aromatic N) is 1. The summed E-state index contributed by atoms with van der Waals surface area (Å²) in [6.45, 7) is 3.11. The lowest BCUT2D eigenvalue weighted by Crippen LogP contribution is -2.38. The first-order valence-corrected chi connectivity index (χ1v) is 8.88. The Morgan fingerprint density at radius 1 is 1.17 bits per heavy atom. The number of para-hydroxylation sites is 1. The summed E-state index contributed by atoms with van der Waals surface area (Å²) in [5, 5.41) is 0. The van der Waals surface area contributed by atoms with Crippen molar-refractivity contribution < 1.29 is 17.6 Å². The number of aryl methyl sites for hydroxylation is 1. The third kappa shape index (κ3) is 4.39. The molecule has 0 bridgehead atoms. The summed E-state index contributed by atoms with van der Waals surface area (Å²) in [7, 11) is -3.68. The molecule has 0 radical (unpaired) electrons. The van der Waals surface area contributed by atoms with Crippen LogP contribution in [0.5, 0.6) is 0 Å². The van der Waals surface area contributed by atoms with E-state index >= 15 is 0 Å². The number of benzene rings is 2. The SMILES string of the molecule is CC(=O)N(CCNS(=O)(=O)c1cccc(C)c1)c1ccccc1F. The average molecular weight is 350 g/mol. The Balaban J connectivity index is 2.08. The van der Waals surface area contributed by atoms with Gasteiger partial charge in [0.05, 0.1) is 10.6 Å². The summed E-state index contributed by atoms with van der Waals surface area (Å²) in [4.78, 5) is 13.1. The maximum Gasteiger partial charge on any atom is 0.240 e. The second-order valence-corrected chi connectivity index (χ2v) is 7.10. The number of anilines is 1. The van der Waals surface area contributed by atoms with Crippen LogP contribution in [0.1, 0.15) is 12.5 Å². The van der Waals surface area contributed by atoms with Crippen molar-refractivity contribution in [3.8, 4) is 0 Å². The molecule has 24 heavy (non-hydrogen) atoms. The van der Waals surface area contributed by atoms with E-state index < -0.39 is 15.8 Å². The minimum atomic E-state index is -3.68. The zero-order chi connectivity index (χ0) is 17.7. The summed E-state index contributed by atoms with van der Waals surface area (Å²) in [6.07, 6.45) is 0. The summed E-state index contributed by atoms with van der Waals surface area (Å²) >= 11 is 0. The Kier molecular flexibility index (Phi) is 5.69. The maximum atomic E-state index is 13.8. The van der Waals surface area contributed by atoms with Crippen molar-refractivity contribution in [2.45, 2.75) is 18.7 Å². The van der Waals surface area contributed by atoms with E-state index in [0.717, 1.165) is 5.56 Å². The van der Waals surface area contributed by atoms with Crippen molar-refractivity contribution in [3.63, 3.8) is 0 Å². The van der Waals surface area contributed by atoms with Gasteiger partial charge in [-0.1, -0.05) is 24.3 Å². The van der Waals surface area contributed by atoms with Gasteiger partial charge in [-0.05, 0) is 36.8 Å². The fourth-order valence-electron chi connectivity index (χ4n) is 2.28. The van der Waals surface area contributed by atoms with E-state index in [0.29, 0.717) is 0 Å². The quantitative estimate of drug-likeness (QED) is 0.870. The molecule has 0 aliphatic carbocycles. The molecule has 0 heterocycles. The van der Waals surface area contributed by atoms with Crippen molar-refractivity contribution in [1.29, 1.82) is 0 Å². The number of amides is 1. The molecule has 2 rings (SSSR count). The normalized spacial score (nSPS) is 11.3. The number of hydrogen-bond donors (Lipinski definition) is 1. The lowest BCUT2D eigenvalue weighted by molar-refractivity contribution is -0.116. The first-order chi connectivity index (χ1) is 11.3. The summed E-state index contributed by atoms with van der Waals surface area (Å²) in [6, 6.07) is 12.4. The largest absolute Gasteiger partial charge is 0.309 e. The molecule has 0 aliphatic rings. The molecule has 0 saturated carbocycles. The minimum absolute atomic E-state index is 0.0236. The van der Waals surface area contributed by atoms with E-state index in [1.54, 1.807) is 31.2 Å². The standard InChI is InChI=1S/C17H19FN2O3S/c1-13-6-5-7-15(12-13)24(22,23)19-10-11-20(14(2)21)17-9-4-3-8-16(17)18/h3-9,12,19H,10-11H2,1-2H3. The number of rotatable bonds is 6. The second kappa shape index (κ2) is 7.55. The van der Waals surface area contributed by atoms with Crippen molar-refractivity contribution in [3.05, 3.63) is 59.9 Å². The highest BCUT2D eigenvalue weighted by atomic mass is 32.2. The third-order valence-corrected chi connectivity index (χ3v) is 4.91. The summed E-state index contributed by atoms with van der Waals surface area (Å²) < 4.78 is 40.8. The molecule has 0 atom stereocenters. The fraction of sp³-hybridized carbons (Fsp3) is 0.235. The van der Waals surface area contributed by atoms with Crippen LogP contribution in [0.25, 0.3) is 0 Å². The Hall–Kier alpha value is -2.25. The monoisotopic (exact) mass is 350 g/mol. The number of nitrogens with one attached hydrogen (secondary N) is 1. The van der Waals surface area contributed by atoms with Crippen LogP contribution in [-0.4, -0.2) is 27.4 Å². The van der Waals surface area contributed by atoms with Crippen LogP contribution >= 0.6 is 0 Å². The first-order valence-electron chi connectivity index (χ1n) is 7.40. The average Bonchev–Trinajstić information content (AvgIpc) is 2.52. The predicted molar refractivity (Wildman–Crippen MR) is 90.8 cm³/mol. The summed E-state index contributed by atoms with van der Waals surface area (Å²) in [5.74, 6) is -0.899. The molecule has 0 spiro atoms. The number of carbonyl (C=O) groups excluding carboxylic acids is 1. The number of sulfonamides is 1. The van der Waals surface area contributed by atoms with Gasteiger partial charge in [-0.15, -0.1) is 0 Å². The lowest BCUT2D eigenvalue weighted by atomic mass is 10.2. The molecular weight excluding hydrogens is 331 g/mol. The van der Waals surface area contributed by atoms with Gasteiger partial charge in [0.15, 0.2) is 0 Å². The van der Waals surface area contributed by atoms with Crippen molar-refractivity contribution in [2.75, 3.05) is 18.0 Å². The molecule has 2 aromatic rings. The predicted octanol–water partition coefficient (Wildman–Crippen LogP) is 2.47. The van der Waals surface area contributed by atoms with Gasteiger partial charge in [-0.3, -0.25) is 4.79 Å². The molecule has 7 heteroatoms. The molecule has 5 nitrogen and oxygen atoms in total. The highest BCUT2D eigenvalue weighted by Gasteiger charge is 2.18. The highest BCUT2D eigenvalue weighted by Crippen LogP contribution is 2.18. The molecule has 0 saturated heterocycles. The van der Waals surface area contributed by atoms with Gasteiger partial charge < -0.3 is 4.90 Å². The Morgan fingerprint density at radius 2 is 1.88 bits per heavy atom. The van der Waals surface area contributed by atoms with Crippen LogP contribution < -0.4 is 9.62 Å². The van der Waals surface area contributed by atoms with Crippen LogP contribution in [0.3, 0.4) is 0 Å². The van der Waals surface area contributed by atoms with Crippen molar-refractivity contribution in [1.82, 2.24) is 4.72 Å². The number of carbonyl (C=O) groups is 1. The first kappa shape index (κ1) is 18.1. The molecule has 2 aromatic carbocycles. The Labute approximate surface area is 141 Å². The third-order valence-electron chi connectivity index (χ3n) is 3.45. The van der Waals surface area contributed by atoms with E-state index in [-0.39, 0.29) is 29.6 Å². The Bertz CT molecular complexity index is 837. The van der Waals surface area contributed by atoms with Crippen molar-refractivity contribution in [2.24, 2.45) is 0 Å². The lowest BCUT2D eigenvalue weighted by Gasteiger charge is -2.21. The van der Waals surface area contributed by atoms with Crippen LogP contribution in [0.2, 0.25) is 0 Å². The van der Waals surface area contributed by atoms with Crippen LogP contribution in [0, 0.1) is 12.7 Å². The van der Waals surface area contributed by atoms with Gasteiger partial charge in [0, 0.05) is 20.0 Å². The summed E-state index contributed by atoms with van der Waals surface area (Å²) in [5.41, 5.74) is 0.953. The molecule has 1 N–H and O–H groups in total. The maximum absolute atomic E-state index is 13.8. The van der Waals surface area contributed by atoms with E-state index in [2.05, 4.69) is 4.72 Å². The van der Waals surface area contributed by atoms with Crippen LogP contribution in [0.15, 0.2) is 53.4 Å². The topological polar surface area (TPSA) is 66.5 Å². The second-order valence-electron chi connectivity index (χ2n) is 5.34. The van der Waals surface area contributed by atoms with E-state index in [4.69, 9.17) is 0 Å². The number of hydrogen-bond acceptors (Lipinski definition) is 3. The molecule has 1 amide bonds. The Morgan fingerprint density at radius 3 is 2.50 bits per heavy atom. The van der Waals surface area contributed by atoms with Crippen LogP contribution in [0.4, 0.5) is 10.1 Å². The molecule has 0 fully saturated rings. The van der Waals surface area contributed by atoms with E-state index in [1.807, 2.05) is 0 Å². The van der Waals surface area contributed by atoms with Crippen LogP contribution in [-0.2, 0) is 14.8 Å². The van der Waals surface area contributed by atoms with Gasteiger partial charge >= 0.3 is 0 Å². The number of halogens is 1. The highest BCUT2D eigenvalue weighted by molar-refractivity contribution is 7.89. The van der Waals surface area contributed by atoms with Gasteiger partial charge in [-0.25, -0.2) is 17.5 Å². The van der Waals surface area contributed by atoms with E-state index in [1.165, 1.54) is 36.1 Å². The van der Waals surface area contributed by atoms with Gasteiger partial charge in [0.25, 0.3) is 0 Å². The van der Waals surface area contributed by atoms with Crippen molar-refractivity contribution >= 4 is 21.6 Å². The molecule has 0 aliphatic heterocycles. The smallest absolute Gasteiger partial charge is 0.240 e. The molecular formula is C17H19FN2O3S. The molecule has 0 unspecified atom stereocenters. The van der Waals surface area contributed by atoms with Gasteiger partial charge in [-0.2, -0.15) is 0 Å². The molecule has 0 aromatic heterocycles. The zero-order valence-electron chi connectivity index (χ0n) is 13.5. The van der Waals surface area contributed by atoms with Gasteiger partial charge in [0.2, 0.25) is 15.9 Å². The molecule has 128 valence electrons. The van der Waals surface area contributed by atoms with Gasteiger partial charge in [0.1, 0.15) is 5.82 Å². The fourth-order valence-corrected chi connectivity index (χ4v) is 3.40. The minimum Gasteiger partial charge on any atom is -0.309 e.